The van der Waals surface area contributed by atoms with E-state index in [-0.39, 0.29) is 18.2 Å². The van der Waals surface area contributed by atoms with Crippen molar-refractivity contribution in [1.29, 1.82) is 0 Å². The topological polar surface area (TPSA) is 165 Å². The van der Waals surface area contributed by atoms with Gasteiger partial charge in [0.25, 0.3) is 0 Å². The number of nitrogens with zero attached hydrogens (tertiary/aromatic N) is 7. The predicted octanol–water partition coefficient (Wildman–Crippen LogP) is 8.30. The molecule has 5 aromatic rings. The number of amides is 3. The van der Waals surface area contributed by atoms with E-state index in [1.165, 1.54) is 11.3 Å². The van der Waals surface area contributed by atoms with E-state index in [9.17, 15) is 18.9 Å². The minimum Gasteiger partial charge on any atom is -0.492 e. The number of carbonyl (C=O) groups excluding carboxylic acids is 3. The van der Waals surface area contributed by atoms with Crippen molar-refractivity contribution in [1.82, 2.24) is 30.1 Å². The molecule has 1 unspecified atom stereocenters. The molecule has 4 aliphatic rings. The smallest absolute Gasteiger partial charge is 0.249 e. The van der Waals surface area contributed by atoms with E-state index < -0.39 is 24.5 Å². The number of aryl methyl sites for hydroxylation is 2. The number of carbonyl (C=O) groups is 3. The number of imide groups is 1. The average molecular weight is 1030 g/mol. The highest BCUT2D eigenvalue weighted by Gasteiger charge is 2.50. The van der Waals surface area contributed by atoms with Gasteiger partial charge in [0, 0.05) is 98.3 Å². The Kier molecular flexibility index (Phi) is 14.4. The third kappa shape index (κ3) is 9.93. The molecule has 9 rings (SSSR count). The van der Waals surface area contributed by atoms with E-state index in [4.69, 9.17) is 14.7 Å². The molecule has 17 heteroatoms. The number of aromatic nitrogens is 3. The monoisotopic (exact) mass is 1030 g/mol. The van der Waals surface area contributed by atoms with Gasteiger partial charge in [0.15, 0.2) is 0 Å². The first-order valence-electron chi connectivity index (χ1n) is 24.9. The zero-order valence-electron chi connectivity index (χ0n) is 41.5. The van der Waals surface area contributed by atoms with E-state index in [1.807, 2.05) is 57.2 Å². The summed E-state index contributed by atoms with van der Waals surface area (Å²) in [6.07, 6.45) is 6.93. The van der Waals surface area contributed by atoms with Crippen LogP contribution in [0.3, 0.4) is 0 Å². The van der Waals surface area contributed by atoms with E-state index in [1.54, 1.807) is 24.4 Å². The summed E-state index contributed by atoms with van der Waals surface area (Å²) < 4.78 is 20.7. The van der Waals surface area contributed by atoms with Crippen molar-refractivity contribution >= 4 is 91.5 Å². The summed E-state index contributed by atoms with van der Waals surface area (Å²) in [6.45, 7) is 21.1. The molecule has 15 nitrogen and oxygen atoms in total. The molecule has 4 aliphatic heterocycles. The van der Waals surface area contributed by atoms with Crippen molar-refractivity contribution < 1.29 is 23.7 Å². The molecule has 3 fully saturated rings. The molecule has 3 aromatic carbocycles. The van der Waals surface area contributed by atoms with Gasteiger partial charge >= 0.3 is 0 Å². The molecule has 0 aliphatic carbocycles. The number of hydrogen-bond donors (Lipinski definition) is 3. The quantitative estimate of drug-likeness (QED) is 0.0678. The summed E-state index contributed by atoms with van der Waals surface area (Å²) in [5.41, 5.74) is 7.92. The number of anilines is 6. The second-order valence-electron chi connectivity index (χ2n) is 19.9. The van der Waals surface area contributed by atoms with Crippen LogP contribution in [0.25, 0.3) is 10.9 Å². The first kappa shape index (κ1) is 49.6. The second-order valence-corrected chi connectivity index (χ2v) is 23.9. The van der Waals surface area contributed by atoms with Crippen molar-refractivity contribution in [3.63, 3.8) is 0 Å². The minimum atomic E-state index is -2.74. The number of hydrogen-bond acceptors (Lipinski definition) is 13. The number of piperazine rings is 1. The van der Waals surface area contributed by atoms with Crippen LogP contribution in [0.1, 0.15) is 82.7 Å². The number of benzene rings is 3. The van der Waals surface area contributed by atoms with Crippen LogP contribution in [0.2, 0.25) is 0 Å². The van der Waals surface area contributed by atoms with Gasteiger partial charge in [-0.1, -0.05) is 32.0 Å². The maximum atomic E-state index is 13.8. The molecule has 0 spiro atoms. The number of ether oxygens (including phenoxy) is 1. The Morgan fingerprint density at radius 3 is 2.33 bits per heavy atom. The molecule has 6 heterocycles. The van der Waals surface area contributed by atoms with Crippen LogP contribution in [-0.2, 0) is 43.6 Å². The lowest BCUT2D eigenvalue weighted by Crippen LogP contribution is -2.55. The minimum absolute atomic E-state index is 0.0851. The van der Waals surface area contributed by atoms with Crippen LogP contribution in [0.4, 0.5) is 34.5 Å². The standard InChI is InChI=1S/C53H66BrN10O5P/c1-8-33-30-41(58-52-55-32-38(54)49(60-52)57-40-17-16-39-37(48(40)70(6,7)68)15-14-35(9-2)56-39)45(69-10-3)31-44(33)63-24-21-36(22-25-63)62-28-26-61(27-29-62)23-20-34-12-11-13-42-47(34)53(4,5)51(67)64(42)43-18-19-46(65)59-50(43)66/h11-17,30-32,36,43H,8-10,18-29H2,1-7H3,(H,59,65,66)(H2,55,57,58,60). The highest BCUT2D eigenvalue weighted by atomic mass is 79.9. The largest absolute Gasteiger partial charge is 0.492 e. The molecule has 3 N–H and O–H groups in total. The molecule has 3 amide bonds. The lowest BCUT2D eigenvalue weighted by atomic mass is 9.82. The summed E-state index contributed by atoms with van der Waals surface area (Å²) in [6, 6.07) is 18.2. The average Bonchev–Trinajstić information content (AvgIpc) is 3.55. The van der Waals surface area contributed by atoms with Crippen LogP contribution >= 0.6 is 23.1 Å². The maximum absolute atomic E-state index is 13.8. The summed E-state index contributed by atoms with van der Waals surface area (Å²) in [4.78, 5) is 62.3. The van der Waals surface area contributed by atoms with Gasteiger partial charge in [0.1, 0.15) is 24.8 Å². The zero-order valence-corrected chi connectivity index (χ0v) is 44.0. The second kappa shape index (κ2) is 20.4. The zero-order chi connectivity index (χ0) is 49.5. The normalized spacial score (nSPS) is 19.1. The molecule has 0 saturated carbocycles. The van der Waals surface area contributed by atoms with Gasteiger partial charge in [-0.15, -0.1) is 0 Å². The molecular weight excluding hydrogens is 968 g/mol. The Balaban J connectivity index is 0.826. The number of halogens is 1. The summed E-state index contributed by atoms with van der Waals surface area (Å²) in [5.74, 6) is 0.917. The first-order valence-corrected chi connectivity index (χ1v) is 28.3. The van der Waals surface area contributed by atoms with Gasteiger partial charge in [-0.3, -0.25) is 34.5 Å². The number of fused-ring (bicyclic) bond motifs is 2. The van der Waals surface area contributed by atoms with Crippen LogP contribution in [-0.4, -0.2) is 120 Å². The van der Waals surface area contributed by atoms with Crippen molar-refractivity contribution in [3.8, 4) is 5.75 Å². The Morgan fingerprint density at radius 2 is 1.63 bits per heavy atom. The van der Waals surface area contributed by atoms with Crippen molar-refractivity contribution in [2.24, 2.45) is 0 Å². The highest BCUT2D eigenvalue weighted by Crippen LogP contribution is 2.46. The van der Waals surface area contributed by atoms with E-state index in [2.05, 4.69) is 83.6 Å². The number of pyridine rings is 1. The first-order chi connectivity index (χ1) is 33.6. The predicted molar refractivity (Wildman–Crippen MR) is 284 cm³/mol. The van der Waals surface area contributed by atoms with Crippen LogP contribution in [0, 0.1) is 0 Å². The van der Waals surface area contributed by atoms with Crippen LogP contribution in [0.5, 0.6) is 5.75 Å². The van der Waals surface area contributed by atoms with Crippen LogP contribution in [0.15, 0.2) is 65.3 Å². The number of nitrogens with one attached hydrogen (secondary N) is 3. The van der Waals surface area contributed by atoms with Crippen molar-refractivity contribution in [2.75, 3.05) is 86.2 Å². The Hall–Kier alpha value is -5.41. The molecule has 1 atom stereocenters. The Bertz CT molecular complexity index is 2870. The van der Waals surface area contributed by atoms with Crippen molar-refractivity contribution in [3.05, 3.63) is 87.7 Å². The highest BCUT2D eigenvalue weighted by molar-refractivity contribution is 9.10. The number of piperidine rings is 2. The lowest BCUT2D eigenvalue weighted by Gasteiger charge is -2.43. The lowest BCUT2D eigenvalue weighted by molar-refractivity contribution is -0.136. The maximum Gasteiger partial charge on any atom is 0.249 e. The van der Waals surface area contributed by atoms with Crippen molar-refractivity contribution in [2.45, 2.75) is 97.1 Å². The van der Waals surface area contributed by atoms with Gasteiger partial charge in [0.2, 0.25) is 23.7 Å². The van der Waals surface area contributed by atoms with E-state index >= 15 is 0 Å². The SMILES string of the molecule is CCOc1cc(N2CCC(N3CCN(CCc4cccc5c4C(C)(C)C(=O)N5C4CCC(=O)NC4=O)CC3)CC2)c(CC)cc1Nc1ncc(Br)c(Nc2ccc3nc(CC)ccc3c2P(C)(C)=O)n1. The summed E-state index contributed by atoms with van der Waals surface area (Å²) in [7, 11) is -2.74. The van der Waals surface area contributed by atoms with Gasteiger partial charge < -0.3 is 29.7 Å². The van der Waals surface area contributed by atoms with Gasteiger partial charge in [-0.05, 0) is 136 Å². The Morgan fingerprint density at radius 1 is 0.857 bits per heavy atom. The molecule has 2 aromatic heterocycles. The van der Waals surface area contributed by atoms with Crippen LogP contribution < -0.4 is 35.8 Å². The number of rotatable bonds is 15. The molecule has 70 heavy (non-hydrogen) atoms. The van der Waals surface area contributed by atoms with Gasteiger partial charge in [0.05, 0.1) is 33.4 Å². The molecule has 3 saturated heterocycles. The van der Waals surface area contributed by atoms with E-state index in [0.29, 0.717) is 41.0 Å². The summed E-state index contributed by atoms with van der Waals surface area (Å²) >= 11 is 3.65. The fraction of sp³-hybridized carbons (Fsp3) is 0.472. The summed E-state index contributed by atoms with van der Waals surface area (Å²) in [5, 5.41) is 11.0. The molecular formula is C53H66BrN10O5P. The molecule has 0 radical (unpaired) electrons. The molecule has 370 valence electrons. The third-order valence-corrected chi connectivity index (χ3v) is 16.8. The van der Waals surface area contributed by atoms with Gasteiger partial charge in [-0.25, -0.2) is 4.98 Å². The Labute approximate surface area is 420 Å². The fourth-order valence-corrected chi connectivity index (χ4v) is 12.8. The third-order valence-electron chi connectivity index (χ3n) is 14.6. The van der Waals surface area contributed by atoms with E-state index in [0.717, 1.165) is 128 Å². The van der Waals surface area contributed by atoms with Gasteiger partial charge in [-0.2, -0.15) is 4.98 Å². The molecule has 0 bridgehead atoms. The fourth-order valence-electron chi connectivity index (χ4n) is 11.0.